The lowest BCUT2D eigenvalue weighted by molar-refractivity contribution is -0.423. The Hall–Kier alpha value is -6.46. The van der Waals surface area contributed by atoms with Gasteiger partial charge in [-0.1, -0.05) is 36.4 Å². The lowest BCUT2D eigenvalue weighted by Gasteiger charge is -2.51. The summed E-state index contributed by atoms with van der Waals surface area (Å²) < 4.78 is 83.1. The maximum Gasteiger partial charge on any atom is 0.338 e. The van der Waals surface area contributed by atoms with Gasteiger partial charge in [-0.15, -0.1) is 0 Å². The molecule has 33 heteroatoms. The van der Waals surface area contributed by atoms with E-state index in [-0.39, 0.29) is 28.4 Å². The second-order valence-electron chi connectivity index (χ2n) is 21.4. The van der Waals surface area contributed by atoms with Crippen LogP contribution >= 0.6 is 0 Å². The molecule has 5 fully saturated rings. The van der Waals surface area contributed by atoms with E-state index in [1.54, 1.807) is 6.07 Å². The summed E-state index contributed by atoms with van der Waals surface area (Å²) in [4.78, 5) is 54.9. The van der Waals surface area contributed by atoms with Crippen molar-refractivity contribution in [3.8, 4) is 17.2 Å². The molecule has 0 unspecified atom stereocenters. The van der Waals surface area contributed by atoms with Crippen LogP contribution in [0.1, 0.15) is 28.4 Å². The molecule has 0 saturated carbocycles. The van der Waals surface area contributed by atoms with Crippen LogP contribution in [0.25, 0.3) is 12.2 Å². The Bertz CT molecular complexity index is 2930. The van der Waals surface area contributed by atoms with E-state index in [2.05, 4.69) is 0 Å². The van der Waals surface area contributed by atoms with Gasteiger partial charge in [0.1, 0.15) is 123 Å². The number of rotatable bonds is 24. The molecular weight excluding hydrogens is 1220 g/mol. The minimum atomic E-state index is -2.99. The topological polar surface area (TPSA) is 501 Å². The molecule has 0 aromatic heterocycles. The van der Waals surface area contributed by atoms with E-state index in [9.17, 15) is 95.8 Å². The fraction of sp³-hybridized carbons (Fsp3) is 0.552. The highest BCUT2D eigenvalue weighted by Crippen LogP contribution is 2.43. The Labute approximate surface area is 516 Å². The van der Waals surface area contributed by atoms with E-state index in [0.717, 1.165) is 19.1 Å². The van der Waals surface area contributed by atoms with Gasteiger partial charge in [0.2, 0.25) is 5.79 Å². The zero-order valence-electron chi connectivity index (χ0n) is 48.3. The minimum absolute atomic E-state index is 0.0122. The first kappa shape index (κ1) is 70.4. The summed E-state index contributed by atoms with van der Waals surface area (Å²) in [6, 6.07) is 16.4. The summed E-state index contributed by atoms with van der Waals surface area (Å²) in [6.07, 6.45) is -44.7. The van der Waals surface area contributed by atoms with Crippen LogP contribution in [0.15, 0.2) is 84.9 Å². The molecule has 15 N–H and O–H groups in total. The number of carbonyl (C=O) groups excluding carboxylic acids is 4. The van der Waals surface area contributed by atoms with E-state index < -0.39 is 210 Å². The third-order valence-electron chi connectivity index (χ3n) is 15.2. The van der Waals surface area contributed by atoms with Crippen molar-refractivity contribution in [3.05, 3.63) is 102 Å². The lowest BCUT2D eigenvalue weighted by Crippen LogP contribution is -2.69. The molecule has 5 saturated heterocycles. The monoisotopic (exact) mass is 1300 g/mol. The fourth-order valence-electron chi connectivity index (χ4n) is 10.4. The largest absolute Gasteiger partial charge is 0.508 e. The van der Waals surface area contributed by atoms with Crippen LogP contribution in [0.4, 0.5) is 0 Å². The Balaban J connectivity index is 1.26. The first-order valence-corrected chi connectivity index (χ1v) is 28.2. The van der Waals surface area contributed by atoms with Gasteiger partial charge in [0.05, 0.1) is 39.1 Å². The summed E-state index contributed by atoms with van der Waals surface area (Å²) >= 11 is 0. The molecule has 91 heavy (non-hydrogen) atoms. The highest BCUT2D eigenvalue weighted by molar-refractivity contribution is 5.90. The Morgan fingerprint density at radius 3 is 1.63 bits per heavy atom. The summed E-state index contributed by atoms with van der Waals surface area (Å²) in [5, 5.41) is 163. The average Bonchev–Trinajstić information content (AvgIpc) is 1.72. The van der Waals surface area contributed by atoms with Crippen molar-refractivity contribution in [2.75, 3.05) is 46.8 Å². The molecule has 33 nitrogen and oxygen atoms in total. The van der Waals surface area contributed by atoms with Gasteiger partial charge in [0.15, 0.2) is 48.9 Å². The van der Waals surface area contributed by atoms with Gasteiger partial charge in [-0.2, -0.15) is 0 Å². The maximum atomic E-state index is 14.2. The number of esters is 4. The predicted octanol–water partition coefficient (Wildman–Crippen LogP) is -5.54. The number of phenols is 2. The third kappa shape index (κ3) is 16.5. The summed E-state index contributed by atoms with van der Waals surface area (Å²) in [5.74, 6) is -8.08. The Kier molecular flexibility index (Phi) is 24.3. The number of aliphatic hydroxyl groups is 13. The van der Waals surface area contributed by atoms with Gasteiger partial charge in [0.25, 0.3) is 0 Å². The third-order valence-corrected chi connectivity index (χ3v) is 15.2. The van der Waals surface area contributed by atoms with Crippen molar-refractivity contribution in [1.82, 2.24) is 0 Å². The van der Waals surface area contributed by atoms with Crippen LogP contribution in [0.3, 0.4) is 0 Å². The lowest BCUT2D eigenvalue weighted by atomic mass is 9.95. The number of ether oxygens (including phenoxy) is 14. The van der Waals surface area contributed by atoms with Crippen LogP contribution in [-0.2, 0) is 76.0 Å². The van der Waals surface area contributed by atoms with E-state index >= 15 is 0 Å². The van der Waals surface area contributed by atoms with Gasteiger partial charge < -0.3 is 143 Å². The molecule has 0 amide bonds. The standard InChI is InChI=1S/C58H72O33/c1-25(63)79-23-36-49(85-38(67)17-11-26-8-13-29(64)14-9-26)50(87-56-47(76)44(73)48(35(22-62)83-56)86-54-45(74)42(71)39(68)32(19-59)81-54)51(88-55-46(75)43(72)40(69)33(20-60)82-55)57(84-36)91-58(24-80-37(66)16-12-27-10-15-30(65)31(18-27)78-2)52(41(70)34(21-61)90-58)89-53(77)28-6-4-3-5-7-28/h3-18,32-36,39-52,54-57,59-62,64-65,68-76H,19-24H2,1-2H3/t32-,33+,34-,35+,36-,39-,40+,41-,42-,43+,44-,45-,46-,47+,48+,49+,50-,51+,52+,54-,55+,56+,57-,58+/m0/s1. The smallest absolute Gasteiger partial charge is 0.338 e. The number of aromatic hydroxyl groups is 2. The number of phenolic OH excluding ortho intramolecular Hbond substituents is 2. The van der Waals surface area contributed by atoms with Crippen molar-refractivity contribution in [2.24, 2.45) is 0 Å². The molecule has 0 aliphatic carbocycles. The molecule has 3 aromatic rings. The van der Waals surface area contributed by atoms with E-state index in [1.807, 2.05) is 0 Å². The van der Waals surface area contributed by atoms with Crippen LogP contribution < -0.4 is 4.74 Å². The van der Waals surface area contributed by atoms with Crippen LogP contribution in [-0.4, -0.2) is 294 Å². The SMILES string of the molecule is COc1cc(C=CC(=O)OC[C@]2(O[C@@H]3O[C@@H](COC(C)=O)[C@@H](OC(=O)C=Cc4ccc(O)cc4)[C@H](O[C@H]4O[C@H](CO)[C@@H](O[C@@H]5O[C@@H](CO)[C@H](O)[C@H](O)[C@@H]5O)[C@@H](O)[C@H]4O)[C@H]3O[C@H]3O[C@H](CO)[C@@H](O)[C@@H](O)[C@@H]3O)O[C@@H](CO)[C@H](O)[C@H]2OC(=O)c2ccccc2)ccc1O. The Morgan fingerprint density at radius 2 is 1.04 bits per heavy atom. The van der Waals surface area contributed by atoms with Crippen LogP contribution in [0, 0.1) is 0 Å². The zero-order valence-corrected chi connectivity index (χ0v) is 48.3. The molecule has 5 aliphatic rings. The van der Waals surface area contributed by atoms with Crippen LogP contribution in [0.2, 0.25) is 0 Å². The van der Waals surface area contributed by atoms with E-state index in [4.69, 9.17) is 66.3 Å². The Morgan fingerprint density at radius 1 is 0.516 bits per heavy atom. The van der Waals surface area contributed by atoms with Crippen molar-refractivity contribution in [3.63, 3.8) is 0 Å². The molecule has 0 bridgehead atoms. The second kappa shape index (κ2) is 31.4. The van der Waals surface area contributed by atoms with Gasteiger partial charge in [0, 0.05) is 19.1 Å². The summed E-state index contributed by atoms with van der Waals surface area (Å²) in [5.41, 5.74) is 0.442. The zero-order chi connectivity index (χ0) is 66.0. The average molecular weight is 1300 g/mol. The molecule has 5 heterocycles. The number of benzene rings is 3. The number of hydrogen-bond donors (Lipinski definition) is 15. The number of aliphatic hydroxyl groups excluding tert-OH is 13. The number of hydrogen-bond acceptors (Lipinski definition) is 33. The first-order chi connectivity index (χ1) is 43.4. The van der Waals surface area contributed by atoms with Gasteiger partial charge in [-0.25, -0.2) is 14.4 Å². The summed E-state index contributed by atoms with van der Waals surface area (Å²) in [7, 11) is 1.27. The van der Waals surface area contributed by atoms with Crippen molar-refractivity contribution < 1.29 is 162 Å². The highest BCUT2D eigenvalue weighted by Gasteiger charge is 2.64. The molecule has 24 atom stereocenters. The molecular formula is C58H72O33. The number of carbonyl (C=O) groups is 4. The van der Waals surface area contributed by atoms with Crippen molar-refractivity contribution in [2.45, 2.75) is 154 Å². The number of methoxy groups -OCH3 is 1. The van der Waals surface area contributed by atoms with E-state index in [1.165, 1.54) is 86.0 Å². The molecule has 502 valence electrons. The second-order valence-corrected chi connectivity index (χ2v) is 21.4. The van der Waals surface area contributed by atoms with Gasteiger partial charge in [-0.05, 0) is 59.7 Å². The molecule has 0 spiro atoms. The minimum Gasteiger partial charge on any atom is -0.508 e. The predicted molar refractivity (Wildman–Crippen MR) is 294 cm³/mol. The van der Waals surface area contributed by atoms with Crippen LogP contribution in [0.5, 0.6) is 17.2 Å². The normalized spacial score (nSPS) is 36.8. The maximum absolute atomic E-state index is 14.2. The van der Waals surface area contributed by atoms with E-state index in [0.29, 0.717) is 5.56 Å². The molecule has 8 rings (SSSR count). The van der Waals surface area contributed by atoms with Crippen molar-refractivity contribution in [1.29, 1.82) is 0 Å². The molecule has 0 radical (unpaired) electrons. The molecule has 5 aliphatic heterocycles. The first-order valence-electron chi connectivity index (χ1n) is 28.2. The highest BCUT2D eigenvalue weighted by atomic mass is 16.8. The van der Waals surface area contributed by atoms with Gasteiger partial charge >= 0.3 is 23.9 Å². The van der Waals surface area contributed by atoms with Gasteiger partial charge in [-0.3, -0.25) is 4.79 Å². The summed E-state index contributed by atoms with van der Waals surface area (Å²) in [6.45, 7) is -5.56. The quantitative estimate of drug-likeness (QED) is 0.0226. The fourth-order valence-corrected chi connectivity index (χ4v) is 10.4. The van der Waals surface area contributed by atoms with Crippen molar-refractivity contribution >= 4 is 36.0 Å². The molecule has 3 aromatic carbocycles.